The average Bonchev–Trinajstić information content (AvgIpc) is 0.892. The largest absolute Gasteiger partial charge is 0.453 e. The predicted octanol–water partition coefficient (Wildman–Crippen LogP) is 10.2. The Hall–Kier alpha value is -10.5. The van der Waals surface area contributed by atoms with Gasteiger partial charge in [-0.1, -0.05) is 61.4 Å². The van der Waals surface area contributed by atoms with Gasteiger partial charge in [-0.3, -0.25) is 52.1 Å². The Morgan fingerprint density at radius 2 is 0.353 bits per heavy atom. The number of Topliss-reactive ketones (excluding diaryl/α,β-unsaturated/α-hetero) is 2. The number of rotatable bonds is 8. The monoisotopic (exact) mass is 1560 g/mol. The maximum atomic E-state index is 11.1. The summed E-state index contributed by atoms with van der Waals surface area (Å²) in [7, 11) is 9.81. The van der Waals surface area contributed by atoms with Gasteiger partial charge in [0.25, 0.3) is 0 Å². The molecule has 6 rings (SSSR count). The Kier molecular flexibility index (Phi) is 46.1. The van der Waals surface area contributed by atoms with E-state index in [1.54, 1.807) is 97.1 Å². The number of carbonyl (C=O) groups is 10. The minimum atomic E-state index is -0.689. The first-order valence-corrected chi connectivity index (χ1v) is 32.6. The molecule has 552 valence electrons. The number of hydrogen-bond acceptors (Lipinski definition) is 26. The van der Waals surface area contributed by atoms with E-state index in [1.807, 2.05) is 0 Å². The predicted molar refractivity (Wildman–Crippen MR) is 416 cm³/mol. The smallest absolute Gasteiger partial charge is 0.413 e. The molecule has 2 aliphatic carbocycles. The second kappa shape index (κ2) is 52.5. The lowest BCUT2D eigenvalue weighted by Gasteiger charge is -2.15. The SMILES string of the molecule is COC(=O)NC(=S)Nc1ccccc1NC(=S)NC(=O)OC.COC(=O)NC(=S)Nc1ccccc1NC(=S)NC(=O)OC.COC(=O)NC(=S)Nc1ccccc1NC(=S)NC(=O)OC.COC(=O)NC(=S)Nc1ccccc1NC(=S)NC(=O)OC.O=C1CCCCC1.O=C1CCCCC1. The zero-order valence-corrected chi connectivity index (χ0v) is 62.5. The van der Waals surface area contributed by atoms with Crippen LogP contribution in [0.15, 0.2) is 97.1 Å². The summed E-state index contributed by atoms with van der Waals surface area (Å²) in [5.41, 5.74) is 4.32. The number of para-hydroxylation sites is 8. The molecule has 0 aliphatic heterocycles. The summed E-state index contributed by atoms with van der Waals surface area (Å²) >= 11 is 39.7. The molecule has 42 heteroatoms. The molecular formula is C60H76N16O18S8. The number of benzene rings is 4. The fourth-order valence-corrected chi connectivity index (χ4v) is 8.62. The van der Waals surface area contributed by atoms with Gasteiger partial charge in [0.15, 0.2) is 40.9 Å². The second-order valence-corrected chi connectivity index (χ2v) is 22.2. The normalized spacial score (nSPS) is 11.0. The number of carbonyl (C=O) groups excluding carboxylic acids is 10. The maximum Gasteiger partial charge on any atom is 0.413 e. The fourth-order valence-electron chi connectivity index (χ4n) is 7.08. The molecular weight excluding hydrogens is 1490 g/mol. The van der Waals surface area contributed by atoms with Crippen molar-refractivity contribution in [2.45, 2.75) is 64.2 Å². The molecule has 16 N–H and O–H groups in total. The first-order chi connectivity index (χ1) is 48.6. The van der Waals surface area contributed by atoms with Crippen molar-refractivity contribution in [2.75, 3.05) is 99.4 Å². The van der Waals surface area contributed by atoms with Gasteiger partial charge in [-0.05, 0) is 172 Å². The third-order valence-electron chi connectivity index (χ3n) is 11.7. The number of ether oxygens (including phenoxy) is 8. The van der Waals surface area contributed by atoms with E-state index in [0.29, 0.717) is 57.1 Å². The molecule has 0 heterocycles. The zero-order chi connectivity index (χ0) is 76.4. The van der Waals surface area contributed by atoms with Crippen LogP contribution in [0.1, 0.15) is 64.2 Å². The number of anilines is 8. The highest BCUT2D eigenvalue weighted by atomic mass is 32.1. The number of alkyl carbamates (subject to hydrolysis) is 8. The van der Waals surface area contributed by atoms with Crippen LogP contribution in [0, 0.1) is 0 Å². The maximum absolute atomic E-state index is 11.1. The third kappa shape index (κ3) is 41.8. The molecule has 4 aromatic rings. The summed E-state index contributed by atoms with van der Waals surface area (Å²) in [6.45, 7) is 0. The highest BCUT2D eigenvalue weighted by Crippen LogP contribution is 2.24. The van der Waals surface area contributed by atoms with E-state index in [4.69, 9.17) is 97.7 Å². The van der Waals surface area contributed by atoms with Crippen molar-refractivity contribution in [1.29, 1.82) is 0 Å². The molecule has 0 atom stereocenters. The summed E-state index contributed by atoms with van der Waals surface area (Å²) in [5, 5.41) is 41.3. The molecule has 2 saturated carbocycles. The molecule has 0 radical (unpaired) electrons. The third-order valence-corrected chi connectivity index (χ3v) is 13.4. The lowest BCUT2D eigenvalue weighted by atomic mass is 10.00. The number of methoxy groups -OCH3 is 8. The minimum absolute atomic E-state index is 0.0490. The van der Waals surface area contributed by atoms with E-state index < -0.39 is 48.7 Å². The number of amides is 8. The zero-order valence-electron chi connectivity index (χ0n) is 55.9. The van der Waals surface area contributed by atoms with Gasteiger partial charge >= 0.3 is 48.7 Å². The lowest BCUT2D eigenvalue weighted by molar-refractivity contribution is -0.121. The summed E-state index contributed by atoms with van der Waals surface area (Å²) < 4.78 is 35.5. The summed E-state index contributed by atoms with van der Waals surface area (Å²) in [4.78, 5) is 109. The Balaban J connectivity index is 0.000000636. The van der Waals surface area contributed by atoms with Crippen LogP contribution in [0.3, 0.4) is 0 Å². The Labute approximate surface area is 629 Å². The fraction of sp³-hybridized carbons (Fsp3) is 0.300. The van der Waals surface area contributed by atoms with Crippen molar-refractivity contribution in [1.82, 2.24) is 42.5 Å². The number of thiocarbonyl (C=S) groups is 8. The van der Waals surface area contributed by atoms with E-state index in [-0.39, 0.29) is 40.9 Å². The van der Waals surface area contributed by atoms with Crippen molar-refractivity contribution in [3.05, 3.63) is 97.1 Å². The number of ketones is 2. The van der Waals surface area contributed by atoms with Crippen molar-refractivity contribution in [2.24, 2.45) is 0 Å². The molecule has 0 bridgehead atoms. The van der Waals surface area contributed by atoms with E-state index in [9.17, 15) is 47.9 Å². The summed E-state index contributed by atoms with van der Waals surface area (Å²) in [6.07, 6.45) is 4.97. The van der Waals surface area contributed by atoms with E-state index in [1.165, 1.54) is 69.7 Å². The second-order valence-electron chi connectivity index (χ2n) is 18.9. The first-order valence-electron chi connectivity index (χ1n) is 29.3. The summed E-state index contributed by atoms with van der Waals surface area (Å²) in [5.74, 6) is 0.928. The molecule has 0 unspecified atom stereocenters. The quantitative estimate of drug-likeness (QED) is 0.0576. The van der Waals surface area contributed by atoms with Crippen LogP contribution in [-0.4, -0.2) is 158 Å². The molecule has 8 amide bonds. The number of hydrogen-bond donors (Lipinski definition) is 16. The van der Waals surface area contributed by atoms with Crippen LogP contribution in [0.25, 0.3) is 0 Å². The van der Waals surface area contributed by atoms with Gasteiger partial charge in [0.05, 0.1) is 102 Å². The van der Waals surface area contributed by atoms with Crippen LogP contribution in [0.5, 0.6) is 0 Å². The van der Waals surface area contributed by atoms with Crippen LogP contribution in [-0.2, 0) is 47.5 Å². The summed E-state index contributed by atoms with van der Waals surface area (Å²) in [6, 6.07) is 27.7. The Bertz CT molecular complexity index is 2960. The average molecular weight is 1570 g/mol. The van der Waals surface area contributed by atoms with Crippen LogP contribution in [0.2, 0.25) is 0 Å². The molecule has 2 aliphatic rings. The molecule has 0 aromatic heterocycles. The Morgan fingerprint density at radius 3 is 0.441 bits per heavy atom. The topological polar surface area (TPSA) is 437 Å². The van der Waals surface area contributed by atoms with Crippen molar-refractivity contribution in [3.8, 4) is 0 Å². The van der Waals surface area contributed by atoms with Gasteiger partial charge in [-0.15, -0.1) is 0 Å². The lowest BCUT2D eigenvalue weighted by Crippen LogP contribution is -2.35. The van der Waals surface area contributed by atoms with Crippen molar-refractivity contribution < 1.29 is 85.8 Å². The highest BCUT2D eigenvalue weighted by molar-refractivity contribution is 7.82. The van der Waals surface area contributed by atoms with E-state index in [0.717, 1.165) is 51.4 Å². The van der Waals surface area contributed by atoms with Gasteiger partial charge in [0, 0.05) is 25.7 Å². The Morgan fingerprint density at radius 1 is 0.235 bits per heavy atom. The first kappa shape index (κ1) is 89.5. The standard InChI is InChI=1S/4C12H14N4O4S2.2C6H10O/c4*1-19-11(17)15-9(21)13-7-5-3-4-6-8(7)14-10(22)16-12(18)20-2;2*7-6-4-2-1-3-5-6/h4*3-6H,1-2H3,(H2,13,15,17,21)(H2,14,16,18,22);2*1-5H2. The number of nitrogens with one attached hydrogen (secondary N) is 16. The van der Waals surface area contributed by atoms with Gasteiger partial charge in [0.2, 0.25) is 0 Å². The van der Waals surface area contributed by atoms with E-state index in [2.05, 4.69) is 123 Å². The molecule has 2 fully saturated rings. The van der Waals surface area contributed by atoms with Crippen LogP contribution < -0.4 is 85.1 Å². The van der Waals surface area contributed by atoms with Crippen molar-refractivity contribution in [3.63, 3.8) is 0 Å². The van der Waals surface area contributed by atoms with Gasteiger partial charge in [-0.25, -0.2) is 38.4 Å². The van der Waals surface area contributed by atoms with Crippen LogP contribution >= 0.6 is 97.7 Å². The molecule has 4 aromatic carbocycles. The van der Waals surface area contributed by atoms with Crippen LogP contribution in [0.4, 0.5) is 83.9 Å². The highest BCUT2D eigenvalue weighted by Gasteiger charge is 2.15. The molecule has 0 saturated heterocycles. The van der Waals surface area contributed by atoms with E-state index >= 15 is 0 Å². The van der Waals surface area contributed by atoms with Gasteiger partial charge < -0.3 is 80.4 Å². The van der Waals surface area contributed by atoms with Gasteiger partial charge in [-0.2, -0.15) is 0 Å². The molecule has 34 nitrogen and oxygen atoms in total. The molecule has 0 spiro atoms. The van der Waals surface area contributed by atoms with Gasteiger partial charge in [0.1, 0.15) is 11.6 Å². The minimum Gasteiger partial charge on any atom is -0.453 e. The van der Waals surface area contributed by atoms with Crippen molar-refractivity contribution >= 4 is 244 Å². The molecule has 102 heavy (non-hydrogen) atoms.